The van der Waals surface area contributed by atoms with Gasteiger partial charge in [-0.1, -0.05) is 24.3 Å². The fraction of sp³-hybridized carbons (Fsp3) is 0.364. The van der Waals surface area contributed by atoms with E-state index in [-0.39, 0.29) is 24.6 Å². The normalized spacial score (nSPS) is 16.8. The third-order valence-corrected chi connectivity index (χ3v) is 5.33. The predicted molar refractivity (Wildman–Crippen MR) is 105 cm³/mol. The maximum Gasteiger partial charge on any atom is 0.231 e. The van der Waals surface area contributed by atoms with Crippen LogP contribution in [-0.4, -0.2) is 36.1 Å². The molecule has 0 radical (unpaired) electrons. The molecule has 146 valence electrons. The van der Waals surface area contributed by atoms with Gasteiger partial charge in [0.05, 0.1) is 0 Å². The first-order valence-corrected chi connectivity index (χ1v) is 9.57. The van der Waals surface area contributed by atoms with Crippen molar-refractivity contribution in [3.8, 4) is 11.5 Å². The minimum absolute atomic E-state index is 0.0504. The highest BCUT2D eigenvalue weighted by molar-refractivity contribution is 5.96. The molecule has 2 aliphatic rings. The van der Waals surface area contributed by atoms with Gasteiger partial charge in [0, 0.05) is 38.2 Å². The molecule has 4 rings (SSSR count). The molecule has 0 aromatic heterocycles. The van der Waals surface area contributed by atoms with Gasteiger partial charge in [0.25, 0.3) is 0 Å². The Morgan fingerprint density at radius 3 is 2.75 bits per heavy atom. The zero-order chi connectivity index (χ0) is 19.7. The number of ether oxygens (including phenoxy) is 2. The summed E-state index contributed by atoms with van der Waals surface area (Å²) >= 11 is 0. The first-order valence-electron chi connectivity index (χ1n) is 9.57. The number of carbonyl (C=O) groups is 2. The van der Waals surface area contributed by atoms with Crippen LogP contribution in [0.3, 0.4) is 0 Å². The molecular weight excluding hydrogens is 356 g/mol. The molecule has 6 nitrogen and oxygen atoms in total. The molecule has 0 N–H and O–H groups in total. The molecule has 2 aromatic carbocycles. The average Bonchev–Trinajstić information content (AvgIpc) is 3.27. The van der Waals surface area contributed by atoms with Crippen LogP contribution in [0.1, 0.15) is 31.4 Å². The fourth-order valence-corrected chi connectivity index (χ4v) is 3.90. The Balaban J connectivity index is 1.42. The van der Waals surface area contributed by atoms with E-state index in [9.17, 15) is 9.59 Å². The zero-order valence-electron chi connectivity index (χ0n) is 16.2. The lowest BCUT2D eigenvalue weighted by Gasteiger charge is -2.26. The van der Waals surface area contributed by atoms with Gasteiger partial charge in [-0.25, -0.2) is 0 Å². The summed E-state index contributed by atoms with van der Waals surface area (Å²) in [6.45, 7) is 4.64. The molecule has 0 saturated carbocycles. The Bertz CT molecular complexity index is 911. The number of rotatable bonds is 5. The van der Waals surface area contributed by atoms with Gasteiger partial charge < -0.3 is 19.3 Å². The number of hydrogen-bond donors (Lipinski definition) is 0. The van der Waals surface area contributed by atoms with E-state index in [1.807, 2.05) is 41.3 Å². The summed E-state index contributed by atoms with van der Waals surface area (Å²) in [5.41, 5.74) is 3.14. The second-order valence-corrected chi connectivity index (χ2v) is 7.32. The van der Waals surface area contributed by atoms with Gasteiger partial charge in [0.2, 0.25) is 18.6 Å². The van der Waals surface area contributed by atoms with Crippen molar-refractivity contribution < 1.29 is 19.1 Å². The molecule has 0 saturated heterocycles. The summed E-state index contributed by atoms with van der Waals surface area (Å²) in [4.78, 5) is 28.6. The lowest BCUT2D eigenvalue weighted by molar-refractivity contribution is -0.130. The Morgan fingerprint density at radius 1 is 1.14 bits per heavy atom. The fourth-order valence-electron chi connectivity index (χ4n) is 3.90. The second-order valence-electron chi connectivity index (χ2n) is 7.32. The highest BCUT2D eigenvalue weighted by atomic mass is 16.7. The van der Waals surface area contributed by atoms with E-state index in [1.54, 1.807) is 4.90 Å². The van der Waals surface area contributed by atoms with Crippen LogP contribution in [0.2, 0.25) is 0 Å². The number of para-hydroxylation sites is 1. The van der Waals surface area contributed by atoms with Crippen molar-refractivity contribution >= 4 is 17.5 Å². The molecule has 0 bridgehead atoms. The maximum absolute atomic E-state index is 12.9. The number of anilines is 1. The third-order valence-electron chi connectivity index (χ3n) is 5.33. The van der Waals surface area contributed by atoms with Crippen molar-refractivity contribution in [1.29, 1.82) is 0 Å². The van der Waals surface area contributed by atoms with Gasteiger partial charge in [-0.2, -0.15) is 0 Å². The van der Waals surface area contributed by atoms with Crippen LogP contribution in [0, 0.1) is 0 Å². The summed E-state index contributed by atoms with van der Waals surface area (Å²) in [6, 6.07) is 13.8. The number of hydrogen-bond acceptors (Lipinski definition) is 4. The van der Waals surface area contributed by atoms with Crippen molar-refractivity contribution in [3.63, 3.8) is 0 Å². The summed E-state index contributed by atoms with van der Waals surface area (Å²) in [5.74, 6) is 1.41. The van der Waals surface area contributed by atoms with Gasteiger partial charge >= 0.3 is 0 Å². The van der Waals surface area contributed by atoms with Gasteiger partial charge in [-0.15, -0.1) is 0 Å². The largest absolute Gasteiger partial charge is 0.454 e. The van der Waals surface area contributed by atoms with Crippen molar-refractivity contribution in [1.82, 2.24) is 4.90 Å². The van der Waals surface area contributed by atoms with Gasteiger partial charge in [-0.05, 0) is 42.7 Å². The molecular formula is C22H24N2O4. The first kappa shape index (κ1) is 18.3. The first-order chi connectivity index (χ1) is 13.5. The van der Waals surface area contributed by atoms with Gasteiger partial charge in [-0.3, -0.25) is 9.59 Å². The van der Waals surface area contributed by atoms with Crippen LogP contribution < -0.4 is 14.4 Å². The molecule has 6 heteroatoms. The summed E-state index contributed by atoms with van der Waals surface area (Å²) in [6.07, 6.45) is 1.17. The monoisotopic (exact) mass is 380 g/mol. The van der Waals surface area contributed by atoms with E-state index in [0.29, 0.717) is 25.3 Å². The SMILES string of the molecule is CC(=O)N(CCC(=O)N1c2ccccc2CC1C)Cc1ccc2c(c1)OCO2. The number of carbonyl (C=O) groups excluding carboxylic acids is 2. The van der Waals surface area contributed by atoms with Crippen molar-refractivity contribution in [2.24, 2.45) is 0 Å². The van der Waals surface area contributed by atoms with Crippen molar-refractivity contribution in [2.75, 3.05) is 18.2 Å². The Hall–Kier alpha value is -3.02. The average molecular weight is 380 g/mol. The van der Waals surface area contributed by atoms with E-state index in [4.69, 9.17) is 9.47 Å². The zero-order valence-corrected chi connectivity index (χ0v) is 16.2. The molecule has 28 heavy (non-hydrogen) atoms. The molecule has 0 spiro atoms. The molecule has 1 atom stereocenters. The summed E-state index contributed by atoms with van der Waals surface area (Å²) in [7, 11) is 0. The van der Waals surface area contributed by atoms with Gasteiger partial charge in [0.15, 0.2) is 11.5 Å². The number of benzene rings is 2. The lowest BCUT2D eigenvalue weighted by Crippen LogP contribution is -2.39. The maximum atomic E-state index is 12.9. The van der Waals surface area contributed by atoms with Crippen LogP contribution >= 0.6 is 0 Å². The van der Waals surface area contributed by atoms with Crippen LogP contribution in [0.4, 0.5) is 5.69 Å². The highest BCUT2D eigenvalue weighted by Crippen LogP contribution is 2.33. The smallest absolute Gasteiger partial charge is 0.231 e. The van der Waals surface area contributed by atoms with Crippen LogP contribution in [-0.2, 0) is 22.6 Å². The topological polar surface area (TPSA) is 59.1 Å². The highest BCUT2D eigenvalue weighted by Gasteiger charge is 2.30. The second kappa shape index (κ2) is 7.54. The van der Waals surface area contributed by atoms with Crippen molar-refractivity contribution in [2.45, 2.75) is 39.3 Å². The molecule has 2 aliphatic heterocycles. The van der Waals surface area contributed by atoms with E-state index in [2.05, 4.69) is 13.0 Å². The number of fused-ring (bicyclic) bond motifs is 2. The number of nitrogens with zero attached hydrogens (tertiary/aromatic N) is 2. The van der Waals surface area contributed by atoms with Gasteiger partial charge in [0.1, 0.15) is 0 Å². The Morgan fingerprint density at radius 2 is 1.93 bits per heavy atom. The van der Waals surface area contributed by atoms with Crippen LogP contribution in [0.25, 0.3) is 0 Å². The summed E-state index contributed by atoms with van der Waals surface area (Å²) < 4.78 is 10.7. The van der Waals surface area contributed by atoms with E-state index in [0.717, 1.165) is 23.4 Å². The predicted octanol–water partition coefficient (Wildman–Crippen LogP) is 3.13. The molecule has 0 fully saturated rings. The lowest BCUT2D eigenvalue weighted by atomic mass is 10.1. The van der Waals surface area contributed by atoms with E-state index in [1.165, 1.54) is 12.5 Å². The summed E-state index contributed by atoms with van der Waals surface area (Å²) in [5, 5.41) is 0. The minimum Gasteiger partial charge on any atom is -0.454 e. The molecule has 2 amide bonds. The standard InChI is InChI=1S/C22H24N2O4/c1-15-11-18-5-3-4-6-19(18)24(15)22(26)9-10-23(16(2)25)13-17-7-8-20-21(12-17)28-14-27-20/h3-8,12,15H,9-11,13-14H2,1-2H3. The van der Waals surface area contributed by atoms with Crippen LogP contribution in [0.15, 0.2) is 42.5 Å². The van der Waals surface area contributed by atoms with Crippen LogP contribution in [0.5, 0.6) is 11.5 Å². The van der Waals surface area contributed by atoms with E-state index < -0.39 is 0 Å². The number of amides is 2. The van der Waals surface area contributed by atoms with Crippen molar-refractivity contribution in [3.05, 3.63) is 53.6 Å². The Labute approximate surface area is 164 Å². The Kier molecular flexibility index (Phi) is 4.94. The quantitative estimate of drug-likeness (QED) is 0.800. The third kappa shape index (κ3) is 3.54. The molecule has 2 heterocycles. The molecule has 0 aliphatic carbocycles. The molecule has 1 unspecified atom stereocenters. The molecule has 2 aromatic rings. The minimum atomic E-state index is -0.0552. The van der Waals surface area contributed by atoms with E-state index >= 15 is 0 Å².